The molecule has 10 aromatic rings. The fourth-order valence-electron chi connectivity index (χ4n) is 8.40. The average Bonchev–Trinajstić information content (AvgIpc) is 0.815. The minimum absolute atomic E-state index is 0.00174. The lowest BCUT2D eigenvalue weighted by Crippen LogP contribution is -1.98. The van der Waals surface area contributed by atoms with Gasteiger partial charge in [0, 0.05) is 0 Å². The zero-order chi connectivity index (χ0) is 92.8. The number of hydrogen-bond donors (Lipinski definition) is 0. The van der Waals surface area contributed by atoms with Gasteiger partial charge in [-0.2, -0.15) is 0 Å². The fraction of sp³-hybridized carbons (Fsp3) is 0.302. The van der Waals surface area contributed by atoms with Crippen molar-refractivity contribution in [3.8, 4) is 34.5 Å². The van der Waals surface area contributed by atoms with Crippen LogP contribution in [0.15, 0.2) is 153 Å². The van der Waals surface area contributed by atoms with Crippen LogP contribution in [-0.2, 0) is 12.8 Å². The molecule has 0 aliphatic carbocycles. The van der Waals surface area contributed by atoms with E-state index in [4.69, 9.17) is 144 Å². The van der Waals surface area contributed by atoms with Gasteiger partial charge in [0.15, 0.2) is 58.2 Å². The number of unbranched alkanes of at least 4 members (excludes halogenated alkanes) is 3. The summed E-state index contributed by atoms with van der Waals surface area (Å²) in [5.41, 5.74) is 3.30. The molecule has 0 saturated carbocycles. The molecular weight excluding hydrogens is 2610 g/mol. The van der Waals surface area contributed by atoms with E-state index < -0.39 is 34.9 Å². The number of ether oxygens (including phenoxy) is 6. The molecule has 122 heavy (non-hydrogen) atoms. The standard InChI is InChI=1S/C10H11BrClFO.C10H11BrClF.C10H11ClFIO.C9H9BrClFO.C9H9BrClF.C9H9ClFIO.C8H7BrClFO.C7H5BrClFO.C7H5BrClF.C7H5ClFI/c1-2-3-6-14-8-5-4-7(11)10(13)9(8)12;1-2-3-4-7-5-6-8(11)10(13)9(7)12;1-2-3-6-14-8-5-4-7(13)10(12)9(8)11;1-2-5-13-7-4-3-6(10)9(12)8(7)11;1-2-3-6-4-5-7(10)9(12)8(6)11;1-2-5-13-7-4-3-6(12)9(11)8(7)10;1-2-12-6-4-3-5(9)8(11)7(6)10;1-11-5-3-2-4(8)7(10)6(5)9;1-4-2-3-5(8)7(10)6(4)9;1-4-2-3-5(10)7(9)6(4)8/h4-5H,2-3,6H2,1H3;5-6H,2-4H2,1H3;4-5H,2-3,6H2,1H3;3-4H,2,5H2,1H3;4-5H,2-3H2,1H3;3-4H,2,5H2,1H3;3-4H,2H2,1H3;2-3H,1H3;2*2-3H,1H3. The first-order valence-corrected chi connectivity index (χ1v) is 49.1. The molecule has 10 rings (SSSR count). The maximum Gasteiger partial charge on any atom is 0.159 e. The third-order valence-corrected chi connectivity index (χ3v) is 25.6. The Morgan fingerprint density at radius 1 is 0.254 bits per heavy atom. The summed E-state index contributed by atoms with van der Waals surface area (Å²) in [6.07, 6.45) is 10.5. The van der Waals surface area contributed by atoms with Crippen molar-refractivity contribution in [3.63, 3.8) is 0 Å². The van der Waals surface area contributed by atoms with Crippen LogP contribution in [0.3, 0.4) is 0 Å². The third kappa shape index (κ3) is 41.7. The minimum Gasteiger partial charge on any atom is -0.495 e. The number of methoxy groups -OCH3 is 1. The first-order valence-electron chi connectivity index (χ1n) is 36.5. The topological polar surface area (TPSA) is 55.4 Å². The van der Waals surface area contributed by atoms with Gasteiger partial charge in [-0.3, -0.25) is 0 Å². The molecule has 0 aromatic heterocycles. The lowest BCUT2D eigenvalue weighted by molar-refractivity contribution is 0.308. The van der Waals surface area contributed by atoms with E-state index in [0.29, 0.717) is 110 Å². The maximum absolute atomic E-state index is 13.3. The van der Waals surface area contributed by atoms with E-state index in [9.17, 15) is 43.9 Å². The number of benzene rings is 10. The monoisotopic (exact) mass is 2680 g/mol. The smallest absolute Gasteiger partial charge is 0.159 e. The van der Waals surface area contributed by atoms with Crippen LogP contribution in [-0.4, -0.2) is 40.1 Å². The molecule has 0 saturated heterocycles. The molecule has 0 atom stereocenters. The molecule has 0 radical (unpaired) electrons. The van der Waals surface area contributed by atoms with Gasteiger partial charge in [-0.15, -0.1) is 0 Å². The molecule has 0 fully saturated rings. The highest BCUT2D eigenvalue weighted by Crippen LogP contribution is 2.39. The van der Waals surface area contributed by atoms with Crippen LogP contribution in [0.1, 0.15) is 129 Å². The Hall–Kier alpha value is -1.25. The summed E-state index contributed by atoms with van der Waals surface area (Å²) in [6, 6.07) is 33.5. The second kappa shape index (κ2) is 65.3. The van der Waals surface area contributed by atoms with Crippen molar-refractivity contribution in [3.05, 3.63) is 294 Å². The van der Waals surface area contributed by atoms with Crippen molar-refractivity contribution < 1.29 is 72.3 Å². The van der Waals surface area contributed by atoms with Crippen LogP contribution < -0.4 is 28.4 Å². The quantitative estimate of drug-likeness (QED) is 0.0292. The van der Waals surface area contributed by atoms with E-state index in [1.807, 2.05) is 108 Å². The number of rotatable bonds is 22. The molecule has 0 amide bonds. The zero-order valence-electron chi connectivity index (χ0n) is 66.6. The highest BCUT2D eigenvalue weighted by Gasteiger charge is 2.18. The Balaban J connectivity index is 0.000000679. The van der Waals surface area contributed by atoms with Crippen LogP contribution in [0.2, 0.25) is 50.2 Å². The third-order valence-electron chi connectivity index (χ3n) is 15.0. The largest absolute Gasteiger partial charge is 0.495 e. The maximum atomic E-state index is 13.3. The van der Waals surface area contributed by atoms with Crippen molar-refractivity contribution in [2.45, 2.75) is 133 Å². The van der Waals surface area contributed by atoms with Gasteiger partial charge < -0.3 is 28.4 Å². The molecule has 0 spiro atoms. The Kier molecular flexibility index (Phi) is 63.6. The predicted octanol–water partition coefficient (Wildman–Crippen LogP) is 39.2. The molecule has 6 nitrogen and oxygen atoms in total. The van der Waals surface area contributed by atoms with Gasteiger partial charge >= 0.3 is 0 Å². The molecule has 0 aliphatic rings. The van der Waals surface area contributed by atoms with Gasteiger partial charge in [-0.25, -0.2) is 43.9 Å². The fourth-order valence-corrected chi connectivity index (χ4v) is 15.5. The lowest BCUT2D eigenvalue weighted by Gasteiger charge is -2.08. The summed E-state index contributed by atoms with van der Waals surface area (Å²) in [6.45, 7) is 20.3. The van der Waals surface area contributed by atoms with Crippen LogP contribution in [0, 0.1) is 82.7 Å². The van der Waals surface area contributed by atoms with Crippen molar-refractivity contribution in [2.24, 2.45) is 0 Å². The van der Waals surface area contributed by atoms with Crippen molar-refractivity contribution in [2.75, 3.05) is 40.1 Å². The SMILES string of the molecule is CCCCOc1ccc(Br)c(F)c1Cl.CCCCOc1ccc(I)c(F)c1Cl.CCCCc1ccc(Br)c(F)c1Cl.CCCOc1ccc(Br)c(F)c1Cl.CCCOc1ccc(I)c(F)c1Cl.CCCc1ccc(Br)c(F)c1Cl.CCOc1ccc(Br)c(F)c1Cl.COc1ccc(Br)c(F)c1Cl.Cc1ccc(Br)c(F)c1Cl.Cc1ccc(I)c(F)c1Cl. The van der Waals surface area contributed by atoms with Gasteiger partial charge in [0.05, 0.1) is 102 Å². The van der Waals surface area contributed by atoms with Crippen LogP contribution in [0.4, 0.5) is 43.9 Å². The molecule has 0 N–H and O–H groups in total. The molecular formula is C86H82Br7Cl10F10I3O6. The number of halogens is 30. The van der Waals surface area contributed by atoms with E-state index in [1.165, 1.54) is 7.11 Å². The lowest BCUT2D eigenvalue weighted by atomic mass is 10.1. The first kappa shape index (κ1) is 119. The summed E-state index contributed by atoms with van der Waals surface area (Å²) >= 11 is 83.9. The number of aryl methyl sites for hydroxylation is 4. The van der Waals surface area contributed by atoms with Gasteiger partial charge in [-0.05, 0) is 364 Å². The number of hydrogen-bond acceptors (Lipinski definition) is 6. The van der Waals surface area contributed by atoms with Crippen LogP contribution >= 0.6 is 295 Å². The van der Waals surface area contributed by atoms with E-state index in [2.05, 4.69) is 132 Å². The normalized spacial score (nSPS) is 10.2. The Morgan fingerprint density at radius 2 is 0.492 bits per heavy atom. The average molecular weight is 2700 g/mol. The van der Waals surface area contributed by atoms with Gasteiger partial charge in [0.2, 0.25) is 0 Å². The zero-order valence-corrected chi connectivity index (χ0v) is 91.8. The summed E-state index contributed by atoms with van der Waals surface area (Å²) in [4.78, 5) is 0. The highest BCUT2D eigenvalue weighted by atomic mass is 127. The van der Waals surface area contributed by atoms with Crippen LogP contribution in [0.25, 0.3) is 0 Å². The molecule has 0 unspecified atom stereocenters. The molecule has 0 aliphatic heterocycles. The predicted molar refractivity (Wildman–Crippen MR) is 538 cm³/mol. The summed E-state index contributed by atoms with van der Waals surface area (Å²) in [5.74, 6) is -1.79. The van der Waals surface area contributed by atoms with E-state index in [1.54, 1.807) is 123 Å². The van der Waals surface area contributed by atoms with Crippen LogP contribution in [0.5, 0.6) is 34.5 Å². The molecule has 0 heterocycles. The highest BCUT2D eigenvalue weighted by molar-refractivity contribution is 14.1. The van der Waals surface area contributed by atoms with E-state index in [-0.39, 0.29) is 73.5 Å². The molecule has 0 bridgehead atoms. The van der Waals surface area contributed by atoms with Crippen molar-refractivity contribution >= 4 is 295 Å². The Labute approximate surface area is 858 Å². The van der Waals surface area contributed by atoms with Crippen molar-refractivity contribution in [1.82, 2.24) is 0 Å². The Morgan fingerprint density at radius 3 is 0.795 bits per heavy atom. The van der Waals surface area contributed by atoms with E-state index >= 15 is 0 Å². The molecule has 36 heteroatoms. The summed E-state index contributed by atoms with van der Waals surface area (Å²) < 4.78 is 166. The van der Waals surface area contributed by atoms with E-state index in [0.717, 1.165) is 92.9 Å². The summed E-state index contributed by atoms with van der Waals surface area (Å²) in [5, 5.41) is 1.15. The second-order valence-electron chi connectivity index (χ2n) is 24.3. The second-order valence-corrected chi connectivity index (χ2v) is 37.5. The first-order chi connectivity index (χ1) is 57.6. The van der Waals surface area contributed by atoms with Crippen molar-refractivity contribution in [1.29, 1.82) is 0 Å². The van der Waals surface area contributed by atoms with Gasteiger partial charge in [0.1, 0.15) is 64.6 Å². The summed E-state index contributed by atoms with van der Waals surface area (Å²) in [7, 11) is 1.44. The molecule has 10 aromatic carbocycles. The Bertz CT molecular complexity index is 4540. The minimum atomic E-state index is -0.494. The molecule has 672 valence electrons. The van der Waals surface area contributed by atoms with Gasteiger partial charge in [-0.1, -0.05) is 208 Å². The van der Waals surface area contributed by atoms with Gasteiger partial charge in [0.25, 0.3) is 0 Å².